The molecule has 4 aromatic rings. The van der Waals surface area contributed by atoms with Crippen LogP contribution in [0.4, 0.5) is 5.69 Å². The van der Waals surface area contributed by atoms with Crippen LogP contribution in [0, 0.1) is 11.8 Å². The first kappa shape index (κ1) is 20.5. The second-order valence-corrected chi connectivity index (χ2v) is 8.92. The van der Waals surface area contributed by atoms with Crippen molar-refractivity contribution < 1.29 is 0 Å². The maximum Gasteiger partial charge on any atom is 0.0561 e. The van der Waals surface area contributed by atoms with Crippen molar-refractivity contribution in [2.24, 2.45) is 22.7 Å². The van der Waals surface area contributed by atoms with E-state index in [9.17, 15) is 0 Å². The van der Waals surface area contributed by atoms with E-state index in [1.807, 2.05) is 36.5 Å². The summed E-state index contributed by atoms with van der Waals surface area (Å²) in [5.41, 5.74) is 14.7. The van der Waals surface area contributed by atoms with Gasteiger partial charge in [-0.2, -0.15) is 5.10 Å². The van der Waals surface area contributed by atoms with Crippen molar-refractivity contribution >= 4 is 39.5 Å². The minimum Gasteiger partial charge on any atom is -0.323 e. The number of benzene rings is 4. The van der Waals surface area contributed by atoms with Crippen LogP contribution in [0.2, 0.25) is 0 Å². The van der Waals surface area contributed by atoms with Crippen LogP contribution in [0.25, 0.3) is 27.6 Å². The summed E-state index contributed by atoms with van der Waals surface area (Å²) in [5, 5.41) is 9.69. The summed E-state index contributed by atoms with van der Waals surface area (Å²) in [6.07, 6.45) is 7.60. The van der Waals surface area contributed by atoms with Crippen LogP contribution in [0.3, 0.4) is 0 Å². The number of hydrogen-bond donors (Lipinski definition) is 2. The third-order valence-electron chi connectivity index (χ3n) is 6.55. The topological polar surface area (TPSA) is 50.4 Å². The summed E-state index contributed by atoms with van der Waals surface area (Å²) in [5.74, 6) is 0.637. The first-order chi connectivity index (χ1) is 15.6. The average Bonchev–Trinajstić information content (AvgIpc) is 2.84. The lowest BCUT2D eigenvalue weighted by Gasteiger charge is -2.23. The maximum atomic E-state index is 6.69. The molecule has 0 spiro atoms. The Bertz CT molecular complexity index is 1320. The zero-order valence-corrected chi connectivity index (χ0v) is 18.6. The largest absolute Gasteiger partial charge is 0.323 e. The van der Waals surface area contributed by atoms with Gasteiger partial charge in [0.15, 0.2) is 0 Å². The van der Waals surface area contributed by atoms with E-state index in [2.05, 4.69) is 79.0 Å². The molecule has 0 fully saturated rings. The quantitative estimate of drug-likeness (QED) is 0.209. The summed E-state index contributed by atoms with van der Waals surface area (Å²) >= 11 is 0. The highest BCUT2D eigenvalue weighted by atomic mass is 15.3. The van der Waals surface area contributed by atoms with Gasteiger partial charge < -0.3 is 5.73 Å². The number of hydrazone groups is 1. The molecule has 0 bridgehead atoms. The molecule has 0 amide bonds. The zero-order valence-electron chi connectivity index (χ0n) is 18.6. The van der Waals surface area contributed by atoms with Crippen LogP contribution in [-0.2, 0) is 6.42 Å². The number of nitrogens with two attached hydrogens (primary N) is 1. The van der Waals surface area contributed by atoms with Crippen molar-refractivity contribution in [3.8, 4) is 0 Å². The minimum absolute atomic E-state index is 0.0961. The third-order valence-corrected chi connectivity index (χ3v) is 6.55. The minimum atomic E-state index is -0.126. The molecule has 5 rings (SSSR count). The molecule has 0 radical (unpaired) electrons. The number of nitrogens with zero attached hydrogens (tertiary/aromatic N) is 1. The van der Waals surface area contributed by atoms with E-state index in [1.54, 1.807) is 0 Å². The van der Waals surface area contributed by atoms with Gasteiger partial charge in [-0.1, -0.05) is 80.6 Å². The highest BCUT2D eigenvalue weighted by molar-refractivity contribution is 6.13. The number of nitrogens with one attached hydrogen (secondary N) is 1. The van der Waals surface area contributed by atoms with Crippen LogP contribution in [0.15, 0.2) is 84.0 Å². The molecule has 32 heavy (non-hydrogen) atoms. The molecule has 1 aliphatic carbocycles. The van der Waals surface area contributed by atoms with E-state index in [0.29, 0.717) is 5.92 Å². The predicted octanol–water partition coefficient (Wildman–Crippen LogP) is 6.93. The number of rotatable bonds is 5. The fourth-order valence-electron chi connectivity index (χ4n) is 4.71. The van der Waals surface area contributed by atoms with E-state index in [-0.39, 0.29) is 12.0 Å². The van der Waals surface area contributed by atoms with Crippen molar-refractivity contribution in [1.29, 1.82) is 0 Å². The molecule has 3 heteroatoms. The van der Waals surface area contributed by atoms with E-state index in [4.69, 9.17) is 5.73 Å². The van der Waals surface area contributed by atoms with Crippen molar-refractivity contribution in [2.45, 2.75) is 26.3 Å². The van der Waals surface area contributed by atoms with Gasteiger partial charge in [0.25, 0.3) is 0 Å². The third kappa shape index (κ3) is 3.80. The Morgan fingerprint density at radius 3 is 2.47 bits per heavy atom. The van der Waals surface area contributed by atoms with Gasteiger partial charge in [0, 0.05) is 18.2 Å². The number of fused-ring (bicyclic) bond motifs is 6. The second kappa shape index (κ2) is 8.60. The van der Waals surface area contributed by atoms with Crippen LogP contribution >= 0.6 is 0 Å². The first-order valence-electron chi connectivity index (χ1n) is 11.4. The first-order valence-corrected chi connectivity index (χ1v) is 11.4. The Kier molecular flexibility index (Phi) is 5.50. The zero-order chi connectivity index (χ0) is 22.1. The Labute approximate surface area is 189 Å². The number of para-hydroxylation sites is 1. The molecule has 3 nitrogen and oxygen atoms in total. The van der Waals surface area contributed by atoms with Gasteiger partial charge in [0.2, 0.25) is 0 Å². The summed E-state index contributed by atoms with van der Waals surface area (Å²) in [6, 6.07) is 25.3. The van der Waals surface area contributed by atoms with Gasteiger partial charge in [0.05, 0.1) is 5.69 Å². The summed E-state index contributed by atoms with van der Waals surface area (Å²) in [4.78, 5) is 0. The molecule has 0 aliphatic heterocycles. The predicted molar refractivity (Wildman–Crippen MR) is 138 cm³/mol. The summed E-state index contributed by atoms with van der Waals surface area (Å²) in [7, 11) is 0. The number of hydrogen-bond acceptors (Lipinski definition) is 3. The SMILES string of the molecule is CC1C=Cc2c(c3cc(C(N)C(C)/C=N\Nc4ccccc4)ccc3c3ccccc23)C1. The molecule has 0 heterocycles. The number of allylic oxidation sites excluding steroid dienone is 1. The van der Waals surface area contributed by atoms with Crippen molar-refractivity contribution in [1.82, 2.24) is 0 Å². The van der Waals surface area contributed by atoms with Gasteiger partial charge in [-0.25, -0.2) is 0 Å². The Balaban J connectivity index is 1.51. The highest BCUT2D eigenvalue weighted by Gasteiger charge is 2.20. The van der Waals surface area contributed by atoms with Gasteiger partial charge >= 0.3 is 0 Å². The molecule has 0 saturated carbocycles. The molecular weight excluding hydrogens is 390 g/mol. The van der Waals surface area contributed by atoms with Gasteiger partial charge in [-0.3, -0.25) is 5.43 Å². The van der Waals surface area contributed by atoms with E-state index in [1.165, 1.54) is 32.7 Å². The lowest BCUT2D eigenvalue weighted by molar-refractivity contribution is 0.607. The molecule has 1 aliphatic rings. The highest BCUT2D eigenvalue weighted by Crippen LogP contribution is 2.38. The summed E-state index contributed by atoms with van der Waals surface area (Å²) < 4.78 is 0. The fourth-order valence-corrected chi connectivity index (χ4v) is 4.71. The summed E-state index contributed by atoms with van der Waals surface area (Å²) in [6.45, 7) is 4.40. The molecule has 4 aromatic carbocycles. The monoisotopic (exact) mass is 419 g/mol. The van der Waals surface area contributed by atoms with Crippen LogP contribution < -0.4 is 11.2 Å². The smallest absolute Gasteiger partial charge is 0.0561 e. The average molecular weight is 420 g/mol. The van der Waals surface area contributed by atoms with Crippen molar-refractivity contribution in [3.63, 3.8) is 0 Å². The molecule has 3 atom stereocenters. The Morgan fingerprint density at radius 2 is 1.66 bits per heavy atom. The van der Waals surface area contributed by atoms with Crippen LogP contribution in [0.5, 0.6) is 0 Å². The Morgan fingerprint density at radius 1 is 0.938 bits per heavy atom. The van der Waals surface area contributed by atoms with E-state index in [0.717, 1.165) is 17.7 Å². The van der Waals surface area contributed by atoms with Gasteiger partial charge in [0.1, 0.15) is 0 Å². The molecular formula is C29H29N3. The van der Waals surface area contributed by atoms with E-state index >= 15 is 0 Å². The second-order valence-electron chi connectivity index (χ2n) is 8.92. The molecule has 3 unspecified atom stereocenters. The molecule has 0 aromatic heterocycles. The van der Waals surface area contributed by atoms with Crippen molar-refractivity contribution in [3.05, 3.63) is 95.6 Å². The lowest BCUT2D eigenvalue weighted by atomic mass is 9.82. The molecule has 160 valence electrons. The standard InChI is InChI=1S/C29H29N3/c1-19-12-14-25-23-10-6-7-11-24(23)26-15-13-21(17-28(26)27(25)16-19)29(30)20(2)18-31-32-22-8-4-3-5-9-22/h3-15,17-20,29,32H,16,30H2,1-2H3/b31-18-. The maximum absolute atomic E-state index is 6.69. The van der Waals surface area contributed by atoms with Gasteiger partial charge in [-0.15, -0.1) is 0 Å². The molecule has 0 saturated heterocycles. The van der Waals surface area contributed by atoms with Crippen LogP contribution in [-0.4, -0.2) is 6.21 Å². The van der Waals surface area contributed by atoms with Crippen molar-refractivity contribution in [2.75, 3.05) is 5.43 Å². The van der Waals surface area contributed by atoms with E-state index < -0.39 is 0 Å². The van der Waals surface area contributed by atoms with Crippen LogP contribution in [0.1, 0.15) is 36.6 Å². The molecule has 3 N–H and O–H groups in total. The normalized spacial score (nSPS) is 17.5. The fraction of sp³-hybridized carbons (Fsp3) is 0.207. The lowest BCUT2D eigenvalue weighted by Crippen LogP contribution is -2.20. The number of anilines is 1. The van der Waals surface area contributed by atoms with Gasteiger partial charge in [-0.05, 0) is 68.8 Å². The Hall–Kier alpha value is -3.43.